The highest BCUT2D eigenvalue weighted by atomic mass is 16.1. The molecule has 2 rings (SSSR count). The quantitative estimate of drug-likeness (QED) is 0.803. The standard InChI is InChI=1S/C19H27NO2/c1-4-5-18(21)20-17-8-6-15(7-9-17)19(22)16-11-13(2)10-14(3)12-16/h6-9,13-14,16H,4-5,10-12H2,1-3H3,(H,20,21). The highest BCUT2D eigenvalue weighted by Crippen LogP contribution is 2.34. The first kappa shape index (κ1) is 16.7. The van der Waals surface area contributed by atoms with Gasteiger partial charge in [0, 0.05) is 23.6 Å². The monoisotopic (exact) mass is 301 g/mol. The van der Waals surface area contributed by atoms with Gasteiger partial charge in [0.05, 0.1) is 0 Å². The summed E-state index contributed by atoms with van der Waals surface area (Å²) in [4.78, 5) is 24.2. The van der Waals surface area contributed by atoms with E-state index in [2.05, 4.69) is 19.2 Å². The molecular formula is C19H27NO2. The number of nitrogens with one attached hydrogen (secondary N) is 1. The van der Waals surface area contributed by atoms with Crippen molar-refractivity contribution in [1.82, 2.24) is 0 Å². The summed E-state index contributed by atoms with van der Waals surface area (Å²) in [5, 5.41) is 2.85. The maximum atomic E-state index is 12.6. The number of ketones is 1. The summed E-state index contributed by atoms with van der Waals surface area (Å²) >= 11 is 0. The number of carbonyl (C=O) groups is 2. The number of hydrogen-bond donors (Lipinski definition) is 1. The van der Waals surface area contributed by atoms with Crippen molar-refractivity contribution >= 4 is 17.4 Å². The minimum atomic E-state index is 0.0245. The van der Waals surface area contributed by atoms with Crippen LogP contribution in [0.2, 0.25) is 0 Å². The maximum Gasteiger partial charge on any atom is 0.224 e. The fraction of sp³-hybridized carbons (Fsp3) is 0.579. The molecule has 1 aliphatic carbocycles. The van der Waals surface area contributed by atoms with E-state index in [9.17, 15) is 9.59 Å². The molecule has 0 saturated heterocycles. The lowest BCUT2D eigenvalue weighted by Crippen LogP contribution is -2.26. The number of carbonyl (C=O) groups excluding carboxylic acids is 2. The van der Waals surface area contributed by atoms with Crippen molar-refractivity contribution in [2.75, 3.05) is 5.32 Å². The summed E-state index contributed by atoms with van der Waals surface area (Å²) in [6, 6.07) is 7.34. The van der Waals surface area contributed by atoms with Crippen LogP contribution in [-0.2, 0) is 4.79 Å². The Hall–Kier alpha value is -1.64. The number of rotatable bonds is 5. The molecule has 0 aliphatic heterocycles. The molecule has 0 heterocycles. The van der Waals surface area contributed by atoms with E-state index in [1.807, 2.05) is 31.2 Å². The second-order valence-corrected chi connectivity index (χ2v) is 6.85. The first-order chi connectivity index (χ1) is 10.5. The van der Waals surface area contributed by atoms with Crippen LogP contribution in [-0.4, -0.2) is 11.7 Å². The van der Waals surface area contributed by atoms with Crippen molar-refractivity contribution in [3.63, 3.8) is 0 Å². The molecule has 1 N–H and O–H groups in total. The highest BCUT2D eigenvalue weighted by Gasteiger charge is 2.29. The normalized spacial score (nSPS) is 24.8. The van der Waals surface area contributed by atoms with Crippen LogP contribution in [0.3, 0.4) is 0 Å². The first-order valence-corrected chi connectivity index (χ1v) is 8.43. The molecule has 120 valence electrons. The van der Waals surface area contributed by atoms with Crippen molar-refractivity contribution in [3.8, 4) is 0 Å². The van der Waals surface area contributed by atoms with E-state index >= 15 is 0 Å². The molecule has 1 aliphatic rings. The third-order valence-electron chi connectivity index (χ3n) is 4.48. The van der Waals surface area contributed by atoms with E-state index in [0.29, 0.717) is 18.3 Å². The lowest BCUT2D eigenvalue weighted by molar-refractivity contribution is -0.116. The fourth-order valence-electron chi connectivity index (χ4n) is 3.57. The summed E-state index contributed by atoms with van der Waals surface area (Å²) in [6.07, 6.45) is 4.58. The number of hydrogen-bond acceptors (Lipinski definition) is 2. The minimum Gasteiger partial charge on any atom is -0.326 e. The molecule has 1 aromatic carbocycles. The van der Waals surface area contributed by atoms with Crippen molar-refractivity contribution in [2.24, 2.45) is 17.8 Å². The zero-order valence-corrected chi connectivity index (χ0v) is 13.9. The predicted octanol–water partition coefficient (Wildman–Crippen LogP) is 4.68. The Morgan fingerprint density at radius 3 is 2.18 bits per heavy atom. The Morgan fingerprint density at radius 1 is 1.05 bits per heavy atom. The lowest BCUT2D eigenvalue weighted by atomic mass is 9.74. The van der Waals surface area contributed by atoms with Gasteiger partial charge in [-0.2, -0.15) is 0 Å². The molecule has 0 radical (unpaired) electrons. The average molecular weight is 301 g/mol. The predicted molar refractivity (Wildman–Crippen MR) is 90.0 cm³/mol. The number of benzene rings is 1. The van der Waals surface area contributed by atoms with E-state index in [1.54, 1.807) is 0 Å². The number of amides is 1. The molecule has 2 atom stereocenters. The zero-order chi connectivity index (χ0) is 16.1. The third kappa shape index (κ3) is 4.43. The largest absolute Gasteiger partial charge is 0.326 e. The van der Waals surface area contributed by atoms with Crippen LogP contribution in [0.15, 0.2) is 24.3 Å². The Balaban J connectivity index is 2.00. The molecule has 3 heteroatoms. The smallest absolute Gasteiger partial charge is 0.224 e. The van der Waals surface area contributed by atoms with Gasteiger partial charge in [-0.3, -0.25) is 9.59 Å². The molecule has 1 fully saturated rings. The topological polar surface area (TPSA) is 46.2 Å². The van der Waals surface area contributed by atoms with Crippen molar-refractivity contribution < 1.29 is 9.59 Å². The number of anilines is 1. The second-order valence-electron chi connectivity index (χ2n) is 6.85. The van der Waals surface area contributed by atoms with E-state index in [-0.39, 0.29) is 17.6 Å². The molecule has 1 aromatic rings. The summed E-state index contributed by atoms with van der Waals surface area (Å²) in [5.41, 5.74) is 1.53. The van der Waals surface area contributed by atoms with Crippen molar-refractivity contribution in [3.05, 3.63) is 29.8 Å². The van der Waals surface area contributed by atoms with Gasteiger partial charge in [0.1, 0.15) is 0 Å². The van der Waals surface area contributed by atoms with Crippen LogP contribution in [0.25, 0.3) is 0 Å². The molecule has 2 unspecified atom stereocenters. The van der Waals surface area contributed by atoms with Gasteiger partial charge in [0.25, 0.3) is 0 Å². The molecule has 3 nitrogen and oxygen atoms in total. The SMILES string of the molecule is CCCC(=O)Nc1ccc(C(=O)C2CC(C)CC(C)C2)cc1. The van der Waals surface area contributed by atoms with Crippen LogP contribution in [0.4, 0.5) is 5.69 Å². The van der Waals surface area contributed by atoms with E-state index < -0.39 is 0 Å². The number of Topliss-reactive ketones (excluding diaryl/α,β-unsaturated/α-hetero) is 1. The molecule has 0 aromatic heterocycles. The van der Waals surface area contributed by atoms with Gasteiger partial charge in [-0.1, -0.05) is 20.8 Å². The summed E-state index contributed by atoms with van der Waals surface area (Å²) in [6.45, 7) is 6.46. The molecule has 22 heavy (non-hydrogen) atoms. The van der Waals surface area contributed by atoms with Crippen molar-refractivity contribution in [1.29, 1.82) is 0 Å². The average Bonchev–Trinajstić information content (AvgIpc) is 2.46. The minimum absolute atomic E-state index is 0.0245. The van der Waals surface area contributed by atoms with Gasteiger partial charge >= 0.3 is 0 Å². The van der Waals surface area contributed by atoms with Gasteiger partial charge in [-0.05, 0) is 61.8 Å². The first-order valence-electron chi connectivity index (χ1n) is 8.43. The Kier molecular flexibility index (Phi) is 5.76. The van der Waals surface area contributed by atoms with Gasteiger partial charge in [0.15, 0.2) is 5.78 Å². The lowest BCUT2D eigenvalue weighted by Gasteiger charge is -2.30. The molecule has 1 saturated carbocycles. The van der Waals surface area contributed by atoms with E-state index in [1.165, 1.54) is 6.42 Å². The van der Waals surface area contributed by atoms with Gasteiger partial charge in [-0.15, -0.1) is 0 Å². The molecule has 0 spiro atoms. The maximum absolute atomic E-state index is 12.6. The molecule has 1 amide bonds. The van der Waals surface area contributed by atoms with E-state index in [0.717, 1.165) is 30.5 Å². The summed E-state index contributed by atoms with van der Waals surface area (Å²) < 4.78 is 0. The van der Waals surface area contributed by atoms with Gasteiger partial charge in [-0.25, -0.2) is 0 Å². The fourth-order valence-corrected chi connectivity index (χ4v) is 3.57. The van der Waals surface area contributed by atoms with Crippen LogP contribution < -0.4 is 5.32 Å². The highest BCUT2D eigenvalue weighted by molar-refractivity contribution is 5.98. The Bertz CT molecular complexity index is 511. The Labute approximate surface area is 133 Å². The summed E-state index contributed by atoms with van der Waals surface area (Å²) in [7, 11) is 0. The Morgan fingerprint density at radius 2 is 1.64 bits per heavy atom. The van der Waals surface area contributed by atoms with Gasteiger partial charge < -0.3 is 5.32 Å². The van der Waals surface area contributed by atoms with Crippen LogP contribution in [0.1, 0.15) is 63.2 Å². The summed E-state index contributed by atoms with van der Waals surface area (Å²) in [5.74, 6) is 1.69. The van der Waals surface area contributed by atoms with Gasteiger partial charge in [0.2, 0.25) is 5.91 Å². The van der Waals surface area contributed by atoms with Crippen LogP contribution in [0.5, 0.6) is 0 Å². The van der Waals surface area contributed by atoms with Crippen LogP contribution >= 0.6 is 0 Å². The molecular weight excluding hydrogens is 274 g/mol. The molecule has 0 bridgehead atoms. The van der Waals surface area contributed by atoms with E-state index in [4.69, 9.17) is 0 Å². The zero-order valence-electron chi connectivity index (χ0n) is 13.9. The third-order valence-corrected chi connectivity index (χ3v) is 4.48. The van der Waals surface area contributed by atoms with Crippen molar-refractivity contribution in [2.45, 2.75) is 52.9 Å². The second kappa shape index (κ2) is 7.57. The van der Waals surface area contributed by atoms with Crippen LogP contribution in [0, 0.1) is 17.8 Å².